The summed E-state index contributed by atoms with van der Waals surface area (Å²) in [7, 11) is 0. The first kappa shape index (κ1) is 16.3. The standard InChI is InChI=1S/C16H16BrClFNO/c1-10(2)20-9-11-6-7-14(12(17)8-11)21-15-5-3-4-13(18)16(15)19/h3-8,10,20H,9H2,1-2H3. The molecular formula is C16H16BrClFNO. The topological polar surface area (TPSA) is 21.3 Å². The van der Waals surface area contributed by atoms with Gasteiger partial charge in [0.1, 0.15) is 5.75 Å². The smallest absolute Gasteiger partial charge is 0.184 e. The first-order valence-electron chi connectivity index (χ1n) is 6.61. The van der Waals surface area contributed by atoms with Crippen LogP contribution in [0.4, 0.5) is 4.39 Å². The van der Waals surface area contributed by atoms with E-state index in [2.05, 4.69) is 35.1 Å². The molecule has 0 amide bonds. The molecule has 0 saturated heterocycles. The summed E-state index contributed by atoms with van der Waals surface area (Å²) in [6.07, 6.45) is 0. The Morgan fingerprint density at radius 2 is 2.00 bits per heavy atom. The molecule has 0 aliphatic rings. The van der Waals surface area contributed by atoms with Gasteiger partial charge in [0.05, 0.1) is 9.50 Å². The maximum absolute atomic E-state index is 13.8. The van der Waals surface area contributed by atoms with Crippen molar-refractivity contribution in [3.63, 3.8) is 0 Å². The van der Waals surface area contributed by atoms with Gasteiger partial charge in [-0.15, -0.1) is 0 Å². The molecule has 0 bridgehead atoms. The fourth-order valence-electron chi connectivity index (χ4n) is 1.74. The summed E-state index contributed by atoms with van der Waals surface area (Å²) in [6, 6.07) is 10.8. The van der Waals surface area contributed by atoms with E-state index in [1.54, 1.807) is 12.1 Å². The van der Waals surface area contributed by atoms with E-state index >= 15 is 0 Å². The molecule has 0 unspecified atom stereocenters. The molecule has 0 saturated carbocycles. The van der Waals surface area contributed by atoms with Crippen molar-refractivity contribution in [2.75, 3.05) is 0 Å². The first-order valence-corrected chi connectivity index (χ1v) is 7.78. The van der Waals surface area contributed by atoms with E-state index in [4.69, 9.17) is 16.3 Å². The maximum Gasteiger partial charge on any atom is 0.184 e. The second-order valence-electron chi connectivity index (χ2n) is 4.95. The molecule has 0 aliphatic heterocycles. The number of hydrogen-bond acceptors (Lipinski definition) is 2. The van der Waals surface area contributed by atoms with Crippen LogP contribution in [-0.4, -0.2) is 6.04 Å². The summed E-state index contributed by atoms with van der Waals surface area (Å²) in [5.74, 6) is 0.0948. The number of rotatable bonds is 5. The molecule has 0 fully saturated rings. The second kappa shape index (κ2) is 7.25. The number of nitrogens with one attached hydrogen (secondary N) is 1. The molecule has 112 valence electrons. The van der Waals surface area contributed by atoms with E-state index in [0.717, 1.165) is 16.6 Å². The van der Waals surface area contributed by atoms with Gasteiger partial charge in [0.2, 0.25) is 0 Å². The molecule has 0 spiro atoms. The van der Waals surface area contributed by atoms with Crippen LogP contribution in [0.1, 0.15) is 19.4 Å². The molecule has 0 radical (unpaired) electrons. The van der Waals surface area contributed by atoms with E-state index in [0.29, 0.717) is 11.8 Å². The Morgan fingerprint density at radius 3 is 2.67 bits per heavy atom. The lowest BCUT2D eigenvalue weighted by Crippen LogP contribution is -2.21. The normalized spacial score (nSPS) is 11.0. The monoisotopic (exact) mass is 371 g/mol. The van der Waals surface area contributed by atoms with E-state index in [1.165, 1.54) is 6.07 Å². The van der Waals surface area contributed by atoms with Gasteiger partial charge in [0.15, 0.2) is 11.6 Å². The highest BCUT2D eigenvalue weighted by molar-refractivity contribution is 9.10. The molecule has 1 N–H and O–H groups in total. The molecule has 2 aromatic rings. The zero-order valence-electron chi connectivity index (χ0n) is 11.8. The summed E-state index contributed by atoms with van der Waals surface area (Å²) in [5.41, 5.74) is 1.12. The van der Waals surface area contributed by atoms with Crippen LogP contribution in [0.5, 0.6) is 11.5 Å². The Balaban J connectivity index is 2.16. The number of hydrogen-bond donors (Lipinski definition) is 1. The van der Waals surface area contributed by atoms with E-state index in [-0.39, 0.29) is 10.8 Å². The molecule has 0 aromatic heterocycles. The van der Waals surface area contributed by atoms with E-state index in [1.807, 2.05) is 18.2 Å². The molecule has 0 heterocycles. The van der Waals surface area contributed by atoms with Crippen LogP contribution in [0.3, 0.4) is 0 Å². The number of benzene rings is 2. The Bertz CT molecular complexity index is 634. The van der Waals surface area contributed by atoms with Crippen LogP contribution in [0.15, 0.2) is 40.9 Å². The molecule has 21 heavy (non-hydrogen) atoms. The number of halogens is 3. The van der Waals surface area contributed by atoms with Gasteiger partial charge >= 0.3 is 0 Å². The summed E-state index contributed by atoms with van der Waals surface area (Å²) in [6.45, 7) is 4.95. The Kier molecular flexibility index (Phi) is 5.62. The third-order valence-corrected chi connectivity index (χ3v) is 3.76. The van der Waals surface area contributed by atoms with Crippen LogP contribution in [0, 0.1) is 5.82 Å². The fraction of sp³-hybridized carbons (Fsp3) is 0.250. The predicted molar refractivity (Wildman–Crippen MR) is 87.6 cm³/mol. The van der Waals surface area contributed by atoms with Crippen molar-refractivity contribution in [3.8, 4) is 11.5 Å². The number of ether oxygens (including phenoxy) is 1. The summed E-state index contributed by atoms with van der Waals surface area (Å²) in [4.78, 5) is 0. The highest BCUT2D eigenvalue weighted by Gasteiger charge is 2.10. The average molecular weight is 373 g/mol. The lowest BCUT2D eigenvalue weighted by atomic mass is 10.2. The molecule has 0 atom stereocenters. The minimum atomic E-state index is -0.559. The van der Waals surface area contributed by atoms with Gasteiger partial charge in [-0.25, -0.2) is 4.39 Å². The van der Waals surface area contributed by atoms with Crippen molar-refractivity contribution in [1.82, 2.24) is 5.32 Å². The zero-order valence-corrected chi connectivity index (χ0v) is 14.1. The average Bonchev–Trinajstić information content (AvgIpc) is 2.44. The second-order valence-corrected chi connectivity index (χ2v) is 6.22. The molecule has 5 heteroatoms. The van der Waals surface area contributed by atoms with Crippen molar-refractivity contribution in [2.45, 2.75) is 26.4 Å². The van der Waals surface area contributed by atoms with Gasteiger partial charge in [-0.2, -0.15) is 0 Å². The van der Waals surface area contributed by atoms with Gasteiger partial charge < -0.3 is 10.1 Å². The largest absolute Gasteiger partial charge is 0.453 e. The third kappa shape index (κ3) is 4.43. The Labute approximate surface area is 137 Å². The molecule has 2 aromatic carbocycles. The summed E-state index contributed by atoms with van der Waals surface area (Å²) < 4.78 is 20.2. The van der Waals surface area contributed by atoms with Crippen LogP contribution < -0.4 is 10.1 Å². The van der Waals surface area contributed by atoms with Crippen LogP contribution >= 0.6 is 27.5 Å². The molecule has 2 nitrogen and oxygen atoms in total. The van der Waals surface area contributed by atoms with Crippen molar-refractivity contribution in [3.05, 3.63) is 57.3 Å². The molecular weight excluding hydrogens is 357 g/mol. The molecule has 2 rings (SSSR count). The van der Waals surface area contributed by atoms with Gasteiger partial charge in [0.25, 0.3) is 0 Å². The Hall–Kier alpha value is -1.10. The lowest BCUT2D eigenvalue weighted by molar-refractivity contribution is 0.440. The minimum absolute atomic E-state index is 0.0429. The van der Waals surface area contributed by atoms with Gasteiger partial charge in [-0.1, -0.05) is 37.6 Å². The van der Waals surface area contributed by atoms with Crippen LogP contribution in [0.25, 0.3) is 0 Å². The van der Waals surface area contributed by atoms with Crippen molar-refractivity contribution in [2.24, 2.45) is 0 Å². The zero-order chi connectivity index (χ0) is 15.4. The quantitative estimate of drug-likeness (QED) is 0.745. The highest BCUT2D eigenvalue weighted by atomic mass is 79.9. The fourth-order valence-corrected chi connectivity index (χ4v) is 2.41. The van der Waals surface area contributed by atoms with Gasteiger partial charge in [0, 0.05) is 12.6 Å². The minimum Gasteiger partial charge on any atom is -0.453 e. The van der Waals surface area contributed by atoms with Crippen molar-refractivity contribution in [1.29, 1.82) is 0 Å². The lowest BCUT2D eigenvalue weighted by Gasteiger charge is -2.12. The predicted octanol–water partition coefficient (Wildman–Crippen LogP) is 5.53. The van der Waals surface area contributed by atoms with Crippen LogP contribution in [0.2, 0.25) is 5.02 Å². The van der Waals surface area contributed by atoms with Crippen molar-refractivity contribution >= 4 is 27.5 Å². The van der Waals surface area contributed by atoms with Crippen molar-refractivity contribution < 1.29 is 9.13 Å². The highest BCUT2D eigenvalue weighted by Crippen LogP contribution is 2.33. The third-order valence-electron chi connectivity index (χ3n) is 2.85. The first-order chi connectivity index (χ1) is 9.97. The summed E-state index contributed by atoms with van der Waals surface area (Å²) in [5, 5.41) is 3.38. The molecule has 0 aliphatic carbocycles. The maximum atomic E-state index is 13.8. The van der Waals surface area contributed by atoms with E-state index < -0.39 is 5.82 Å². The Morgan fingerprint density at radius 1 is 1.24 bits per heavy atom. The van der Waals surface area contributed by atoms with Gasteiger partial charge in [-0.05, 0) is 45.8 Å². The van der Waals surface area contributed by atoms with Crippen LogP contribution in [-0.2, 0) is 6.54 Å². The SMILES string of the molecule is CC(C)NCc1ccc(Oc2cccc(Cl)c2F)c(Br)c1. The summed E-state index contributed by atoms with van der Waals surface area (Å²) >= 11 is 9.19. The van der Waals surface area contributed by atoms with E-state index in [9.17, 15) is 4.39 Å². The van der Waals surface area contributed by atoms with Gasteiger partial charge in [-0.3, -0.25) is 0 Å².